The van der Waals surface area contributed by atoms with E-state index in [0.717, 1.165) is 0 Å². The van der Waals surface area contributed by atoms with Crippen LogP contribution in [0.25, 0.3) is 0 Å². The first-order valence-corrected chi connectivity index (χ1v) is 5.28. The van der Waals surface area contributed by atoms with E-state index in [2.05, 4.69) is 17.1 Å². The summed E-state index contributed by atoms with van der Waals surface area (Å²) in [4.78, 5) is 2.61. The molecule has 2 nitrogen and oxygen atoms in total. The summed E-state index contributed by atoms with van der Waals surface area (Å²) in [6, 6.07) is 0. The summed E-state index contributed by atoms with van der Waals surface area (Å²) in [5.41, 5.74) is 0.661. The smallest absolute Gasteiger partial charge is 0.00505 e. The van der Waals surface area contributed by atoms with Crippen LogP contribution >= 0.6 is 0 Å². The van der Waals surface area contributed by atoms with Gasteiger partial charge >= 0.3 is 0 Å². The largest absolute Gasteiger partial charge is 0.316 e. The van der Waals surface area contributed by atoms with Crippen molar-refractivity contribution < 1.29 is 0 Å². The summed E-state index contributed by atoms with van der Waals surface area (Å²) in [5.74, 6) is 0. The molecule has 2 heteroatoms. The Morgan fingerprint density at radius 1 is 1.42 bits per heavy atom. The fraction of sp³-hybridized carbons (Fsp3) is 1.00. The zero-order valence-corrected chi connectivity index (χ0v) is 8.10. The molecule has 1 atom stereocenters. The molecule has 0 amide bonds. The minimum Gasteiger partial charge on any atom is -0.316 e. The van der Waals surface area contributed by atoms with Gasteiger partial charge in [-0.3, -0.25) is 0 Å². The molecule has 0 bridgehead atoms. The van der Waals surface area contributed by atoms with Crippen LogP contribution in [-0.4, -0.2) is 37.6 Å². The molecule has 12 heavy (non-hydrogen) atoms. The van der Waals surface area contributed by atoms with Crippen LogP contribution in [0.5, 0.6) is 0 Å². The highest BCUT2D eigenvalue weighted by Crippen LogP contribution is 2.35. The maximum Gasteiger partial charge on any atom is 0.00505 e. The summed E-state index contributed by atoms with van der Waals surface area (Å²) in [7, 11) is 0. The zero-order chi connectivity index (χ0) is 8.44. The number of likely N-dealkylation sites (tertiary alicyclic amines) is 1. The quantitative estimate of drug-likeness (QED) is 0.630. The summed E-state index contributed by atoms with van der Waals surface area (Å²) >= 11 is 0. The molecule has 0 saturated carbocycles. The maximum absolute atomic E-state index is 3.50. The van der Waals surface area contributed by atoms with Crippen molar-refractivity contribution in [3.8, 4) is 0 Å². The molecule has 0 radical (unpaired) electrons. The van der Waals surface area contributed by atoms with E-state index in [-0.39, 0.29) is 0 Å². The number of nitrogens with zero attached hydrogens (tertiary/aromatic N) is 1. The van der Waals surface area contributed by atoms with E-state index in [9.17, 15) is 0 Å². The second kappa shape index (κ2) is 3.35. The van der Waals surface area contributed by atoms with Gasteiger partial charge in [0.05, 0.1) is 0 Å². The van der Waals surface area contributed by atoms with Crippen molar-refractivity contribution in [2.45, 2.75) is 26.2 Å². The third kappa shape index (κ3) is 1.50. The molecule has 1 unspecified atom stereocenters. The molecule has 0 aromatic rings. The number of hydrogen-bond donors (Lipinski definition) is 1. The Kier molecular flexibility index (Phi) is 2.37. The van der Waals surface area contributed by atoms with Gasteiger partial charge in [0.15, 0.2) is 0 Å². The Hall–Kier alpha value is -0.0800. The number of hydrogen-bond acceptors (Lipinski definition) is 2. The SMILES string of the molecule is CCN1CCCC2(CCNC2)C1. The summed E-state index contributed by atoms with van der Waals surface area (Å²) in [5, 5.41) is 3.50. The van der Waals surface area contributed by atoms with Crippen LogP contribution in [0.3, 0.4) is 0 Å². The van der Waals surface area contributed by atoms with Gasteiger partial charge in [0, 0.05) is 13.1 Å². The molecule has 1 spiro atoms. The fourth-order valence-corrected chi connectivity index (χ4v) is 2.72. The van der Waals surface area contributed by atoms with Crippen LogP contribution in [-0.2, 0) is 0 Å². The van der Waals surface area contributed by atoms with Gasteiger partial charge in [-0.1, -0.05) is 6.92 Å². The highest BCUT2D eigenvalue weighted by atomic mass is 15.1. The van der Waals surface area contributed by atoms with Crippen molar-refractivity contribution in [1.82, 2.24) is 10.2 Å². The molecule has 0 aromatic carbocycles. The predicted molar refractivity (Wildman–Crippen MR) is 51.3 cm³/mol. The van der Waals surface area contributed by atoms with Crippen LogP contribution in [0.2, 0.25) is 0 Å². The lowest BCUT2D eigenvalue weighted by Crippen LogP contribution is -2.44. The molecule has 70 valence electrons. The molecule has 0 aliphatic carbocycles. The van der Waals surface area contributed by atoms with E-state index in [4.69, 9.17) is 0 Å². The van der Waals surface area contributed by atoms with Crippen molar-refractivity contribution in [2.75, 3.05) is 32.7 Å². The number of nitrogens with one attached hydrogen (secondary N) is 1. The molecule has 2 rings (SSSR count). The van der Waals surface area contributed by atoms with Crippen LogP contribution in [0, 0.1) is 5.41 Å². The average Bonchev–Trinajstić information content (AvgIpc) is 2.53. The standard InChI is InChI=1S/C10H20N2/c1-2-12-7-3-4-10(9-12)5-6-11-8-10/h11H,2-9H2,1H3. The molecule has 1 N–H and O–H groups in total. The van der Waals surface area contributed by atoms with E-state index in [1.165, 1.54) is 52.0 Å². The fourth-order valence-electron chi connectivity index (χ4n) is 2.72. The van der Waals surface area contributed by atoms with Gasteiger partial charge in [-0.25, -0.2) is 0 Å². The van der Waals surface area contributed by atoms with Crippen molar-refractivity contribution >= 4 is 0 Å². The Morgan fingerprint density at radius 2 is 2.33 bits per heavy atom. The Balaban J connectivity index is 1.97. The van der Waals surface area contributed by atoms with E-state index in [1.807, 2.05) is 0 Å². The Bertz CT molecular complexity index is 150. The predicted octanol–water partition coefficient (Wildman–Crippen LogP) is 1.08. The van der Waals surface area contributed by atoms with Crippen LogP contribution in [0.4, 0.5) is 0 Å². The van der Waals surface area contributed by atoms with E-state index >= 15 is 0 Å². The van der Waals surface area contributed by atoms with Gasteiger partial charge in [0.1, 0.15) is 0 Å². The van der Waals surface area contributed by atoms with Crippen molar-refractivity contribution in [3.05, 3.63) is 0 Å². The number of rotatable bonds is 1. The summed E-state index contributed by atoms with van der Waals surface area (Å²) in [6.07, 6.45) is 4.27. The Labute approximate surface area is 75.3 Å². The van der Waals surface area contributed by atoms with Crippen LogP contribution in [0.15, 0.2) is 0 Å². The highest BCUT2D eigenvalue weighted by molar-refractivity contribution is 4.92. The second-order valence-corrected chi connectivity index (χ2v) is 4.40. The van der Waals surface area contributed by atoms with Gasteiger partial charge in [0.2, 0.25) is 0 Å². The van der Waals surface area contributed by atoms with Crippen molar-refractivity contribution in [2.24, 2.45) is 5.41 Å². The highest BCUT2D eigenvalue weighted by Gasteiger charge is 2.37. The van der Waals surface area contributed by atoms with Crippen LogP contribution < -0.4 is 5.32 Å². The summed E-state index contributed by atoms with van der Waals surface area (Å²) < 4.78 is 0. The number of piperidine rings is 1. The van der Waals surface area contributed by atoms with Crippen molar-refractivity contribution in [1.29, 1.82) is 0 Å². The summed E-state index contributed by atoms with van der Waals surface area (Å²) in [6.45, 7) is 8.71. The monoisotopic (exact) mass is 168 g/mol. The van der Waals surface area contributed by atoms with Gasteiger partial charge in [-0.2, -0.15) is 0 Å². The molecule has 2 aliphatic rings. The van der Waals surface area contributed by atoms with E-state index in [0.29, 0.717) is 5.41 Å². The van der Waals surface area contributed by atoms with E-state index < -0.39 is 0 Å². The minimum absolute atomic E-state index is 0.661. The topological polar surface area (TPSA) is 15.3 Å². The molecule has 2 heterocycles. The average molecular weight is 168 g/mol. The lowest BCUT2D eigenvalue weighted by Gasteiger charge is -2.39. The first kappa shape index (κ1) is 8.52. The Morgan fingerprint density at radius 3 is 3.00 bits per heavy atom. The lowest BCUT2D eigenvalue weighted by molar-refractivity contribution is 0.109. The molecule has 2 aliphatic heterocycles. The van der Waals surface area contributed by atoms with Gasteiger partial charge < -0.3 is 10.2 Å². The molecule has 0 aromatic heterocycles. The van der Waals surface area contributed by atoms with Crippen LogP contribution in [0.1, 0.15) is 26.2 Å². The first-order valence-electron chi connectivity index (χ1n) is 5.28. The second-order valence-electron chi connectivity index (χ2n) is 4.40. The molecular weight excluding hydrogens is 148 g/mol. The van der Waals surface area contributed by atoms with Gasteiger partial charge in [-0.05, 0) is 44.3 Å². The third-order valence-electron chi connectivity index (χ3n) is 3.52. The van der Waals surface area contributed by atoms with E-state index in [1.54, 1.807) is 0 Å². The zero-order valence-electron chi connectivity index (χ0n) is 8.10. The van der Waals surface area contributed by atoms with Gasteiger partial charge in [-0.15, -0.1) is 0 Å². The van der Waals surface area contributed by atoms with Gasteiger partial charge in [0.25, 0.3) is 0 Å². The first-order chi connectivity index (χ1) is 5.85. The lowest BCUT2D eigenvalue weighted by atomic mass is 9.79. The molecule has 2 saturated heterocycles. The maximum atomic E-state index is 3.50. The minimum atomic E-state index is 0.661. The molecule has 2 fully saturated rings. The normalized spacial score (nSPS) is 37.8. The molecular formula is C10H20N2. The third-order valence-corrected chi connectivity index (χ3v) is 3.52. The van der Waals surface area contributed by atoms with Crippen molar-refractivity contribution in [3.63, 3.8) is 0 Å².